The topological polar surface area (TPSA) is 37.3 Å². The molecule has 0 rings (SSSR count). The van der Waals surface area contributed by atoms with Crippen molar-refractivity contribution in [3.63, 3.8) is 0 Å². The smallest absolute Gasteiger partial charge is 0.303 e. The quantitative estimate of drug-likeness (QED) is 0.268. The van der Waals surface area contributed by atoms with Crippen molar-refractivity contribution in [1.29, 1.82) is 0 Å². The molecule has 0 bridgehead atoms. The summed E-state index contributed by atoms with van der Waals surface area (Å²) in [7, 11) is 0. The molecule has 0 aromatic rings. The minimum absolute atomic E-state index is 0.318. The normalized spacial score (nSPS) is 12.1. The molecule has 1 N–H and O–H groups in total. The van der Waals surface area contributed by atoms with Crippen LogP contribution in [-0.4, -0.2) is 11.1 Å². The largest absolute Gasteiger partial charge is 0.481 e. The minimum Gasteiger partial charge on any atom is -0.481 e. The van der Waals surface area contributed by atoms with Crippen LogP contribution < -0.4 is 0 Å². The summed E-state index contributed by atoms with van der Waals surface area (Å²) in [6.45, 7) is 2.18. The molecule has 0 spiro atoms. The number of aliphatic carboxylic acids is 1. The van der Waals surface area contributed by atoms with E-state index in [9.17, 15) is 4.79 Å². The molecule has 0 aliphatic rings. The van der Waals surface area contributed by atoms with Crippen LogP contribution in [-0.2, 0) is 4.79 Å². The molecule has 0 heterocycles. The molecule has 0 radical (unpaired) electrons. The Morgan fingerprint density at radius 2 is 1.55 bits per heavy atom. The van der Waals surface area contributed by atoms with Gasteiger partial charge in [-0.3, -0.25) is 4.79 Å². The second kappa shape index (κ2) is 15.7. The van der Waals surface area contributed by atoms with Gasteiger partial charge in [0.2, 0.25) is 0 Å². The van der Waals surface area contributed by atoms with Gasteiger partial charge < -0.3 is 5.11 Å². The van der Waals surface area contributed by atoms with Crippen molar-refractivity contribution < 1.29 is 9.90 Å². The molecule has 0 saturated heterocycles. The van der Waals surface area contributed by atoms with Crippen molar-refractivity contribution in [2.75, 3.05) is 0 Å². The summed E-state index contributed by atoms with van der Waals surface area (Å²) in [6, 6.07) is 0. The average molecular weight is 278 g/mol. The molecule has 0 aliphatic carbocycles. The van der Waals surface area contributed by atoms with E-state index in [1.165, 1.54) is 19.3 Å². The molecule has 0 unspecified atom stereocenters. The third-order valence-corrected chi connectivity index (χ3v) is 3.04. The molecule has 0 aromatic heterocycles. The lowest BCUT2D eigenvalue weighted by Crippen LogP contribution is -1.93. The molecular formula is C18H30O2. The zero-order valence-corrected chi connectivity index (χ0v) is 12.9. The van der Waals surface area contributed by atoms with E-state index in [2.05, 4.69) is 43.4 Å². The van der Waals surface area contributed by atoms with E-state index in [1.54, 1.807) is 0 Å². The van der Waals surface area contributed by atoms with E-state index in [1.807, 2.05) is 0 Å². The van der Waals surface area contributed by atoms with Crippen molar-refractivity contribution in [2.45, 2.75) is 71.1 Å². The molecule has 114 valence electrons. The summed E-state index contributed by atoms with van der Waals surface area (Å²) in [5, 5.41) is 8.50. The average Bonchev–Trinajstić information content (AvgIpc) is 2.43. The Hall–Kier alpha value is -1.31. The zero-order chi connectivity index (χ0) is 14.9. The predicted molar refractivity (Wildman–Crippen MR) is 86.9 cm³/mol. The monoisotopic (exact) mass is 278 g/mol. The van der Waals surface area contributed by atoms with Crippen LogP contribution in [0.25, 0.3) is 0 Å². The first-order chi connectivity index (χ1) is 9.77. The fourth-order valence-corrected chi connectivity index (χ4v) is 1.86. The van der Waals surface area contributed by atoms with Gasteiger partial charge in [0, 0.05) is 6.42 Å². The second-order valence-corrected chi connectivity index (χ2v) is 5.05. The van der Waals surface area contributed by atoms with E-state index < -0.39 is 5.97 Å². The maximum absolute atomic E-state index is 10.3. The number of rotatable bonds is 13. The fourth-order valence-electron chi connectivity index (χ4n) is 1.86. The van der Waals surface area contributed by atoms with E-state index >= 15 is 0 Å². The van der Waals surface area contributed by atoms with E-state index in [0.717, 1.165) is 38.5 Å². The molecule has 2 heteroatoms. The second-order valence-electron chi connectivity index (χ2n) is 5.05. The molecule has 20 heavy (non-hydrogen) atoms. The Balaban J connectivity index is 3.25. The van der Waals surface area contributed by atoms with Gasteiger partial charge in [0.15, 0.2) is 0 Å². The summed E-state index contributed by atoms with van der Waals surface area (Å²) in [6.07, 6.45) is 23.3. The molecular weight excluding hydrogens is 248 g/mol. The molecule has 0 fully saturated rings. The maximum atomic E-state index is 10.3. The summed E-state index contributed by atoms with van der Waals surface area (Å²) >= 11 is 0. The van der Waals surface area contributed by atoms with Crippen LogP contribution in [0.4, 0.5) is 0 Å². The Morgan fingerprint density at radius 1 is 0.850 bits per heavy atom. The lowest BCUT2D eigenvalue weighted by atomic mass is 10.1. The Labute approximate surface area is 124 Å². The van der Waals surface area contributed by atoms with Crippen LogP contribution in [0.5, 0.6) is 0 Å². The number of hydrogen-bond donors (Lipinski definition) is 1. The number of carboxylic acid groups (broad SMARTS) is 1. The molecule has 0 saturated carbocycles. The van der Waals surface area contributed by atoms with Crippen LogP contribution >= 0.6 is 0 Å². The van der Waals surface area contributed by atoms with Crippen LogP contribution in [0.15, 0.2) is 36.5 Å². The Morgan fingerprint density at radius 3 is 2.30 bits per heavy atom. The standard InChI is InChI=1S/C18H30O2/c1-2-3-4-5-6-7-8-9-10-11-12-13-14-15-16-17-18(19)20/h4-7,9-10H,2-3,8,11-17H2,1H3,(H,19,20)/b5-4+,7-6-,10-9-. The van der Waals surface area contributed by atoms with Gasteiger partial charge in [0.25, 0.3) is 0 Å². The number of carbonyl (C=O) groups is 1. The highest BCUT2D eigenvalue weighted by Gasteiger charge is 1.95. The van der Waals surface area contributed by atoms with E-state index in [4.69, 9.17) is 5.11 Å². The number of unbranched alkanes of at least 4 members (excludes halogenated alkanes) is 6. The summed E-state index contributed by atoms with van der Waals surface area (Å²) in [5.41, 5.74) is 0. The van der Waals surface area contributed by atoms with Gasteiger partial charge in [-0.15, -0.1) is 0 Å². The van der Waals surface area contributed by atoms with Crippen LogP contribution in [0.2, 0.25) is 0 Å². The summed E-state index contributed by atoms with van der Waals surface area (Å²) in [4.78, 5) is 10.3. The third-order valence-electron chi connectivity index (χ3n) is 3.04. The summed E-state index contributed by atoms with van der Waals surface area (Å²) < 4.78 is 0. The van der Waals surface area contributed by atoms with Crippen LogP contribution in [0.1, 0.15) is 71.1 Å². The molecule has 0 amide bonds. The zero-order valence-electron chi connectivity index (χ0n) is 12.9. The predicted octanol–water partition coefficient (Wildman–Crippen LogP) is 5.66. The van der Waals surface area contributed by atoms with Gasteiger partial charge >= 0.3 is 5.97 Å². The first-order valence-electron chi connectivity index (χ1n) is 7.95. The maximum Gasteiger partial charge on any atom is 0.303 e. The Bertz CT molecular complexity index is 301. The van der Waals surface area contributed by atoms with Crippen molar-refractivity contribution >= 4 is 5.97 Å². The van der Waals surface area contributed by atoms with E-state index in [0.29, 0.717) is 6.42 Å². The number of hydrogen-bond acceptors (Lipinski definition) is 1. The lowest BCUT2D eigenvalue weighted by Gasteiger charge is -1.98. The first-order valence-corrected chi connectivity index (χ1v) is 7.95. The molecule has 0 aliphatic heterocycles. The minimum atomic E-state index is -0.675. The number of allylic oxidation sites excluding steroid dienone is 6. The van der Waals surface area contributed by atoms with Gasteiger partial charge in [0.05, 0.1) is 0 Å². The highest BCUT2D eigenvalue weighted by Crippen LogP contribution is 2.07. The van der Waals surface area contributed by atoms with Crippen molar-refractivity contribution in [3.8, 4) is 0 Å². The van der Waals surface area contributed by atoms with Crippen LogP contribution in [0.3, 0.4) is 0 Å². The SMILES string of the molecule is CCC/C=C/C=C\C/C=C\CCCCCCCC(=O)O. The lowest BCUT2D eigenvalue weighted by molar-refractivity contribution is -0.137. The molecule has 0 aromatic carbocycles. The first kappa shape index (κ1) is 18.7. The highest BCUT2D eigenvalue weighted by atomic mass is 16.4. The van der Waals surface area contributed by atoms with Crippen molar-refractivity contribution in [1.82, 2.24) is 0 Å². The van der Waals surface area contributed by atoms with Gasteiger partial charge in [-0.2, -0.15) is 0 Å². The molecule has 2 nitrogen and oxygen atoms in total. The van der Waals surface area contributed by atoms with Gasteiger partial charge in [0.1, 0.15) is 0 Å². The molecule has 0 atom stereocenters. The third kappa shape index (κ3) is 16.7. The Kier molecular flexibility index (Phi) is 14.7. The van der Waals surface area contributed by atoms with Crippen molar-refractivity contribution in [2.24, 2.45) is 0 Å². The highest BCUT2D eigenvalue weighted by molar-refractivity contribution is 5.66. The fraction of sp³-hybridized carbons (Fsp3) is 0.611. The summed E-state index contributed by atoms with van der Waals surface area (Å²) in [5.74, 6) is -0.675. The van der Waals surface area contributed by atoms with Gasteiger partial charge in [-0.05, 0) is 32.1 Å². The van der Waals surface area contributed by atoms with Crippen LogP contribution in [0, 0.1) is 0 Å². The van der Waals surface area contributed by atoms with Gasteiger partial charge in [-0.1, -0.05) is 69.1 Å². The van der Waals surface area contributed by atoms with Crippen molar-refractivity contribution in [3.05, 3.63) is 36.5 Å². The number of carboxylic acids is 1. The van der Waals surface area contributed by atoms with E-state index in [-0.39, 0.29) is 0 Å². The van der Waals surface area contributed by atoms with Gasteiger partial charge in [-0.25, -0.2) is 0 Å².